The molecule has 1 amide bonds. The Morgan fingerprint density at radius 2 is 2.09 bits per heavy atom. The molecule has 0 bridgehead atoms. The van der Waals surface area contributed by atoms with E-state index >= 15 is 0 Å². The van der Waals surface area contributed by atoms with Gasteiger partial charge in [0.15, 0.2) is 6.61 Å². The Bertz CT molecular complexity index is 499. The highest BCUT2D eigenvalue weighted by Gasteiger charge is 2.28. The van der Waals surface area contributed by atoms with E-state index in [4.69, 9.17) is 0 Å². The van der Waals surface area contributed by atoms with Gasteiger partial charge in [0.2, 0.25) is 11.8 Å². The van der Waals surface area contributed by atoms with Gasteiger partial charge in [-0.1, -0.05) is 0 Å². The molecule has 0 aliphatic carbocycles. The molecule has 0 saturated carbocycles. The molecule has 1 aromatic rings. The Balaban J connectivity index is 1.86. The van der Waals surface area contributed by atoms with E-state index in [0.717, 1.165) is 25.9 Å². The molecule has 0 spiro atoms. The first-order valence-electron chi connectivity index (χ1n) is 7.06. The monoisotopic (exact) mass is 317 g/mol. The number of carbonyl (C=O) groups excluding carboxylic acids is 1. The van der Waals surface area contributed by atoms with Gasteiger partial charge in [-0.05, 0) is 25.8 Å². The minimum absolute atomic E-state index is 0.00916. The Labute approximate surface area is 126 Å². The minimum Gasteiger partial charge on any atom is -0.468 e. The number of hydrogen-bond donors (Lipinski definition) is 1. The third-order valence-corrected chi connectivity index (χ3v) is 3.29. The third kappa shape index (κ3) is 4.78. The smallest absolute Gasteiger partial charge is 0.422 e. The van der Waals surface area contributed by atoms with Crippen molar-refractivity contribution >= 4 is 11.6 Å². The van der Waals surface area contributed by atoms with E-state index in [1.165, 1.54) is 18.3 Å². The standard InChI is InChI=1S/C14H18F3N3O2/c1-10(13(21)20-6-2-3-7-20)19-11-4-5-12(18-8-11)22-9-14(15,16)17/h4-5,8,10,19H,2-3,6-7,9H2,1H3/t10-/m1/s1. The normalized spacial score (nSPS) is 16.5. The van der Waals surface area contributed by atoms with Crippen LogP contribution in [0.25, 0.3) is 0 Å². The second kappa shape index (κ2) is 6.85. The molecule has 1 aromatic heterocycles. The van der Waals surface area contributed by atoms with Crippen LogP contribution in [0, 0.1) is 0 Å². The van der Waals surface area contributed by atoms with E-state index in [1.54, 1.807) is 11.8 Å². The highest BCUT2D eigenvalue weighted by atomic mass is 19.4. The van der Waals surface area contributed by atoms with Gasteiger partial charge >= 0.3 is 6.18 Å². The number of nitrogens with zero attached hydrogens (tertiary/aromatic N) is 2. The van der Waals surface area contributed by atoms with Crippen molar-refractivity contribution in [3.8, 4) is 5.88 Å². The van der Waals surface area contributed by atoms with E-state index in [9.17, 15) is 18.0 Å². The van der Waals surface area contributed by atoms with Crippen LogP contribution in [0.5, 0.6) is 5.88 Å². The molecule has 1 atom stereocenters. The lowest BCUT2D eigenvalue weighted by atomic mass is 10.2. The highest BCUT2D eigenvalue weighted by molar-refractivity contribution is 5.84. The van der Waals surface area contributed by atoms with Crippen LogP contribution in [-0.4, -0.2) is 47.7 Å². The number of halogens is 3. The van der Waals surface area contributed by atoms with Crippen molar-refractivity contribution in [2.75, 3.05) is 25.0 Å². The van der Waals surface area contributed by atoms with Gasteiger partial charge in [-0.3, -0.25) is 4.79 Å². The number of pyridine rings is 1. The fourth-order valence-electron chi connectivity index (χ4n) is 2.23. The van der Waals surface area contributed by atoms with Crippen molar-refractivity contribution in [3.05, 3.63) is 18.3 Å². The molecule has 122 valence electrons. The summed E-state index contributed by atoms with van der Waals surface area (Å²) < 4.78 is 40.6. The maximum absolute atomic E-state index is 12.1. The van der Waals surface area contributed by atoms with Gasteiger partial charge in [0.1, 0.15) is 6.04 Å². The molecule has 2 heterocycles. The van der Waals surface area contributed by atoms with Crippen molar-refractivity contribution in [3.63, 3.8) is 0 Å². The zero-order valence-electron chi connectivity index (χ0n) is 12.2. The average Bonchev–Trinajstić information content (AvgIpc) is 2.99. The van der Waals surface area contributed by atoms with Crippen molar-refractivity contribution in [2.45, 2.75) is 32.0 Å². The summed E-state index contributed by atoms with van der Waals surface area (Å²) in [6.45, 7) is 1.91. The zero-order valence-corrected chi connectivity index (χ0v) is 12.2. The summed E-state index contributed by atoms with van der Waals surface area (Å²) in [5.74, 6) is -0.101. The first-order chi connectivity index (χ1) is 10.3. The Kier molecular flexibility index (Phi) is 5.10. The number of amides is 1. The molecule has 0 radical (unpaired) electrons. The summed E-state index contributed by atoms with van der Waals surface area (Å²) in [5.41, 5.74) is 0.555. The summed E-state index contributed by atoms with van der Waals surface area (Å²) in [4.78, 5) is 17.7. The Morgan fingerprint density at radius 1 is 1.41 bits per heavy atom. The van der Waals surface area contributed by atoms with Gasteiger partial charge in [0.25, 0.3) is 0 Å². The molecule has 0 aromatic carbocycles. The molecule has 2 rings (SSSR count). The third-order valence-electron chi connectivity index (χ3n) is 3.29. The van der Waals surface area contributed by atoms with E-state index in [0.29, 0.717) is 5.69 Å². The van der Waals surface area contributed by atoms with Crippen molar-refractivity contribution in [1.29, 1.82) is 0 Å². The van der Waals surface area contributed by atoms with Crippen molar-refractivity contribution in [1.82, 2.24) is 9.88 Å². The fraction of sp³-hybridized carbons (Fsp3) is 0.571. The lowest BCUT2D eigenvalue weighted by Crippen LogP contribution is -2.39. The van der Waals surface area contributed by atoms with Crippen molar-refractivity contribution in [2.24, 2.45) is 0 Å². The number of likely N-dealkylation sites (tertiary alicyclic amines) is 1. The predicted octanol–water partition coefficient (Wildman–Crippen LogP) is 2.45. The van der Waals surface area contributed by atoms with E-state index < -0.39 is 18.8 Å². The lowest BCUT2D eigenvalue weighted by Gasteiger charge is -2.21. The van der Waals surface area contributed by atoms with Crippen LogP contribution in [0.1, 0.15) is 19.8 Å². The van der Waals surface area contributed by atoms with Gasteiger partial charge in [-0.25, -0.2) is 4.98 Å². The first kappa shape index (κ1) is 16.4. The number of carbonyl (C=O) groups is 1. The number of nitrogens with one attached hydrogen (secondary N) is 1. The van der Waals surface area contributed by atoms with Crippen LogP contribution >= 0.6 is 0 Å². The fourth-order valence-corrected chi connectivity index (χ4v) is 2.23. The summed E-state index contributed by atoms with van der Waals surface area (Å²) in [6.07, 6.45) is -1.01. The van der Waals surface area contributed by atoms with Crippen LogP contribution in [0.4, 0.5) is 18.9 Å². The quantitative estimate of drug-likeness (QED) is 0.906. The molecule has 1 aliphatic heterocycles. The van der Waals surface area contributed by atoms with E-state index in [2.05, 4.69) is 15.0 Å². The molecule has 1 fully saturated rings. The summed E-state index contributed by atoms with van der Waals surface area (Å²) in [5, 5.41) is 2.99. The molecular formula is C14H18F3N3O2. The van der Waals surface area contributed by atoms with E-state index in [1.807, 2.05) is 0 Å². The number of hydrogen-bond acceptors (Lipinski definition) is 4. The van der Waals surface area contributed by atoms with Gasteiger partial charge in [0, 0.05) is 19.2 Å². The lowest BCUT2D eigenvalue weighted by molar-refractivity contribution is -0.154. The minimum atomic E-state index is -4.39. The van der Waals surface area contributed by atoms with Crippen molar-refractivity contribution < 1.29 is 22.7 Å². The topological polar surface area (TPSA) is 54.5 Å². The molecule has 8 heteroatoms. The predicted molar refractivity (Wildman–Crippen MR) is 74.7 cm³/mol. The summed E-state index contributed by atoms with van der Waals surface area (Å²) >= 11 is 0. The molecule has 22 heavy (non-hydrogen) atoms. The molecule has 1 N–H and O–H groups in total. The van der Waals surface area contributed by atoms with Gasteiger partial charge in [-0.2, -0.15) is 13.2 Å². The van der Waals surface area contributed by atoms with Crippen LogP contribution in [0.2, 0.25) is 0 Å². The molecule has 1 aliphatic rings. The van der Waals surface area contributed by atoms with Crippen LogP contribution in [0.15, 0.2) is 18.3 Å². The highest BCUT2D eigenvalue weighted by Crippen LogP contribution is 2.18. The second-order valence-electron chi connectivity index (χ2n) is 5.19. The largest absolute Gasteiger partial charge is 0.468 e. The first-order valence-corrected chi connectivity index (χ1v) is 7.06. The number of anilines is 1. The van der Waals surface area contributed by atoms with Crippen LogP contribution in [-0.2, 0) is 4.79 Å². The van der Waals surface area contributed by atoms with Gasteiger partial charge < -0.3 is 15.0 Å². The zero-order chi connectivity index (χ0) is 16.2. The SMILES string of the molecule is C[C@@H](Nc1ccc(OCC(F)(F)F)nc1)C(=O)N1CCCC1. The van der Waals surface area contributed by atoms with E-state index in [-0.39, 0.29) is 11.8 Å². The Morgan fingerprint density at radius 3 is 2.64 bits per heavy atom. The number of aromatic nitrogens is 1. The molecule has 0 unspecified atom stereocenters. The summed E-state index contributed by atoms with van der Waals surface area (Å²) in [6, 6.07) is 2.45. The maximum Gasteiger partial charge on any atom is 0.422 e. The van der Waals surface area contributed by atoms with Gasteiger partial charge in [0.05, 0.1) is 11.9 Å². The van der Waals surface area contributed by atoms with Crippen LogP contribution < -0.4 is 10.1 Å². The molecule has 1 saturated heterocycles. The number of rotatable bonds is 5. The van der Waals surface area contributed by atoms with Crippen LogP contribution in [0.3, 0.4) is 0 Å². The maximum atomic E-state index is 12.1. The molecular weight excluding hydrogens is 299 g/mol. The second-order valence-corrected chi connectivity index (χ2v) is 5.19. The summed E-state index contributed by atoms with van der Waals surface area (Å²) in [7, 11) is 0. The molecule has 5 nitrogen and oxygen atoms in total. The average molecular weight is 317 g/mol. The number of ether oxygens (including phenoxy) is 1. The number of alkyl halides is 3. The Hall–Kier alpha value is -1.99. The van der Waals surface area contributed by atoms with Gasteiger partial charge in [-0.15, -0.1) is 0 Å².